The van der Waals surface area contributed by atoms with Gasteiger partial charge in [-0.3, -0.25) is 9.79 Å². The second-order valence-electron chi connectivity index (χ2n) is 8.21. The summed E-state index contributed by atoms with van der Waals surface area (Å²) in [5.41, 5.74) is 0.139. The van der Waals surface area contributed by atoms with Crippen molar-refractivity contribution in [3.8, 4) is 6.07 Å². The number of benzene rings is 2. The van der Waals surface area contributed by atoms with Gasteiger partial charge in [0.15, 0.2) is 11.7 Å². The number of aliphatic imine (C=N–C) groups is 1. The van der Waals surface area contributed by atoms with Gasteiger partial charge in [-0.2, -0.15) is 18.4 Å². The third kappa shape index (κ3) is 3.81. The molecular formula is C23H20F4N4O. The number of carbonyl (C=O) groups excluding carboxylic acids is 1. The fourth-order valence-corrected chi connectivity index (χ4v) is 4.14. The molecule has 5 nitrogen and oxygen atoms in total. The molecule has 2 heterocycles. The zero-order valence-corrected chi connectivity index (χ0v) is 17.4. The molecule has 1 saturated heterocycles. The Morgan fingerprint density at radius 3 is 2.44 bits per heavy atom. The Labute approximate surface area is 182 Å². The molecule has 0 bridgehead atoms. The number of likely N-dealkylation sites (tertiary alicyclic amines) is 1. The van der Waals surface area contributed by atoms with Crippen molar-refractivity contribution < 1.29 is 22.4 Å². The number of nitrogens with zero attached hydrogens (tertiary/aromatic N) is 3. The lowest BCUT2D eigenvalue weighted by Crippen LogP contribution is -2.58. The third-order valence-corrected chi connectivity index (χ3v) is 5.91. The first-order chi connectivity index (χ1) is 15.0. The van der Waals surface area contributed by atoms with Gasteiger partial charge in [0.25, 0.3) is 5.91 Å². The quantitative estimate of drug-likeness (QED) is 0.723. The molecule has 166 valence electrons. The van der Waals surface area contributed by atoms with Gasteiger partial charge < -0.3 is 10.2 Å². The van der Waals surface area contributed by atoms with E-state index in [1.807, 2.05) is 6.07 Å². The second-order valence-corrected chi connectivity index (χ2v) is 8.21. The molecule has 2 aliphatic heterocycles. The van der Waals surface area contributed by atoms with Gasteiger partial charge >= 0.3 is 6.18 Å². The first-order valence-electron chi connectivity index (χ1n) is 9.99. The molecule has 9 heteroatoms. The maximum Gasteiger partial charge on any atom is 0.411 e. The lowest BCUT2D eigenvalue weighted by atomic mass is 9.86. The minimum atomic E-state index is -4.51. The van der Waals surface area contributed by atoms with Crippen molar-refractivity contribution >= 4 is 11.7 Å². The van der Waals surface area contributed by atoms with Crippen LogP contribution in [0.5, 0.6) is 0 Å². The summed E-state index contributed by atoms with van der Waals surface area (Å²) in [6, 6.07) is 9.52. The predicted octanol–water partition coefficient (Wildman–Crippen LogP) is 4.18. The summed E-state index contributed by atoms with van der Waals surface area (Å²) in [6.07, 6.45) is -4.51. The Hall–Kier alpha value is -3.41. The summed E-state index contributed by atoms with van der Waals surface area (Å²) in [7, 11) is 0. The lowest BCUT2D eigenvalue weighted by Gasteiger charge is -2.44. The number of carbonyl (C=O) groups is 1. The van der Waals surface area contributed by atoms with E-state index in [9.17, 15) is 18.0 Å². The largest absolute Gasteiger partial charge is 0.411 e. The Morgan fingerprint density at radius 1 is 1.19 bits per heavy atom. The molecule has 2 aliphatic rings. The van der Waals surface area contributed by atoms with Crippen molar-refractivity contribution in [1.29, 1.82) is 5.26 Å². The highest BCUT2D eigenvalue weighted by Gasteiger charge is 2.49. The van der Waals surface area contributed by atoms with Gasteiger partial charge in [-0.05, 0) is 54.8 Å². The molecule has 4 rings (SSSR count). The monoisotopic (exact) mass is 444 g/mol. The molecule has 0 radical (unpaired) electrons. The van der Waals surface area contributed by atoms with E-state index in [0.29, 0.717) is 22.3 Å². The fraction of sp³-hybridized carbons (Fsp3) is 0.348. The molecule has 0 aliphatic carbocycles. The van der Waals surface area contributed by atoms with Crippen LogP contribution in [0.15, 0.2) is 47.5 Å². The molecule has 1 N–H and O–H groups in total. The molecule has 2 aromatic rings. The van der Waals surface area contributed by atoms with Crippen LogP contribution in [-0.2, 0) is 5.67 Å². The summed E-state index contributed by atoms with van der Waals surface area (Å²) >= 11 is 0. The van der Waals surface area contributed by atoms with Gasteiger partial charge in [0.05, 0.1) is 30.6 Å². The van der Waals surface area contributed by atoms with E-state index in [2.05, 4.69) is 10.3 Å². The summed E-state index contributed by atoms with van der Waals surface area (Å²) in [5.74, 6) is -0.274. The summed E-state index contributed by atoms with van der Waals surface area (Å²) < 4.78 is 55.6. The van der Waals surface area contributed by atoms with Crippen LogP contribution in [-0.4, -0.2) is 42.0 Å². The van der Waals surface area contributed by atoms with Crippen LogP contribution in [0, 0.1) is 18.3 Å². The van der Waals surface area contributed by atoms with Crippen LogP contribution >= 0.6 is 0 Å². The van der Waals surface area contributed by atoms with Gasteiger partial charge in [-0.15, -0.1) is 0 Å². The molecule has 2 atom stereocenters. The zero-order valence-electron chi connectivity index (χ0n) is 17.4. The zero-order chi connectivity index (χ0) is 23.3. The van der Waals surface area contributed by atoms with Crippen LogP contribution in [0.4, 0.5) is 17.6 Å². The Morgan fingerprint density at radius 2 is 1.84 bits per heavy atom. The SMILES string of the molecule is CC1=NC(c2cc(C(=O)N3CC(F)(c4ccc(C#N)cc4)C3)ccc2C)C(C(F)(F)F)N1. The fourth-order valence-electron chi connectivity index (χ4n) is 4.14. The molecular weight excluding hydrogens is 424 g/mol. The molecule has 32 heavy (non-hydrogen) atoms. The van der Waals surface area contributed by atoms with Crippen molar-refractivity contribution in [2.75, 3.05) is 13.1 Å². The third-order valence-electron chi connectivity index (χ3n) is 5.91. The van der Waals surface area contributed by atoms with Crippen molar-refractivity contribution in [3.05, 3.63) is 70.3 Å². The molecule has 0 saturated carbocycles. The van der Waals surface area contributed by atoms with E-state index in [4.69, 9.17) is 5.26 Å². The average molecular weight is 444 g/mol. The molecule has 1 amide bonds. The molecule has 0 aromatic heterocycles. The summed E-state index contributed by atoms with van der Waals surface area (Å²) in [5, 5.41) is 11.2. The number of aryl methyl sites for hydroxylation is 1. The summed E-state index contributed by atoms with van der Waals surface area (Å²) in [4.78, 5) is 18.3. The number of amides is 1. The van der Waals surface area contributed by atoms with Crippen LogP contribution in [0.1, 0.15) is 45.6 Å². The van der Waals surface area contributed by atoms with Crippen LogP contribution in [0.3, 0.4) is 0 Å². The van der Waals surface area contributed by atoms with E-state index >= 15 is 4.39 Å². The number of hydrogen-bond acceptors (Lipinski definition) is 4. The predicted molar refractivity (Wildman–Crippen MR) is 110 cm³/mol. The molecule has 1 fully saturated rings. The Balaban J connectivity index is 1.54. The maximum absolute atomic E-state index is 15.2. The van der Waals surface area contributed by atoms with Gasteiger partial charge in [0.2, 0.25) is 0 Å². The number of alkyl halides is 4. The number of hydrogen-bond donors (Lipinski definition) is 1. The molecule has 0 spiro atoms. The second kappa shape index (κ2) is 7.62. The number of rotatable bonds is 3. The lowest BCUT2D eigenvalue weighted by molar-refractivity contribution is -0.154. The van der Waals surface area contributed by atoms with E-state index in [1.54, 1.807) is 13.0 Å². The van der Waals surface area contributed by atoms with Crippen molar-refractivity contribution in [2.24, 2.45) is 4.99 Å². The maximum atomic E-state index is 15.2. The van der Waals surface area contributed by atoms with E-state index in [0.717, 1.165) is 0 Å². The smallest absolute Gasteiger partial charge is 0.361 e. The van der Waals surface area contributed by atoms with Gasteiger partial charge in [-0.1, -0.05) is 18.2 Å². The number of halogens is 4. The van der Waals surface area contributed by atoms with E-state index in [-0.39, 0.29) is 24.5 Å². The van der Waals surface area contributed by atoms with Gasteiger partial charge in [-0.25, -0.2) is 4.39 Å². The first-order valence-corrected chi connectivity index (χ1v) is 9.99. The highest BCUT2D eigenvalue weighted by Crippen LogP contribution is 2.39. The van der Waals surface area contributed by atoms with Crippen molar-refractivity contribution in [3.63, 3.8) is 0 Å². The highest BCUT2D eigenvalue weighted by molar-refractivity contribution is 5.95. The topological polar surface area (TPSA) is 68.5 Å². The molecule has 2 aromatic carbocycles. The standard InChI is InChI=1S/C23H20F4N4O/c1-13-3-6-16(9-18(13)19-20(23(25,26)27)30-14(2)29-19)21(32)31-11-22(24,12-31)17-7-4-15(10-28)5-8-17/h3-9,19-20H,11-12H2,1-2H3,(H,29,30). The van der Waals surface area contributed by atoms with Crippen LogP contribution in [0.2, 0.25) is 0 Å². The van der Waals surface area contributed by atoms with Gasteiger partial charge in [0, 0.05) is 5.56 Å². The van der Waals surface area contributed by atoms with E-state index in [1.165, 1.54) is 48.2 Å². The number of amidine groups is 1. The number of nitrogens with one attached hydrogen (secondary N) is 1. The Bertz CT molecular complexity index is 1130. The van der Waals surface area contributed by atoms with Crippen molar-refractivity contribution in [2.45, 2.75) is 37.8 Å². The van der Waals surface area contributed by atoms with E-state index < -0.39 is 29.8 Å². The average Bonchev–Trinajstić information content (AvgIpc) is 3.13. The Kier molecular flexibility index (Phi) is 5.19. The molecule has 2 unspecified atom stereocenters. The van der Waals surface area contributed by atoms with Crippen molar-refractivity contribution in [1.82, 2.24) is 10.2 Å². The highest BCUT2D eigenvalue weighted by atomic mass is 19.4. The summed E-state index contributed by atoms with van der Waals surface area (Å²) in [6.45, 7) is 2.79. The first kappa shape index (κ1) is 21.8. The number of nitriles is 1. The van der Waals surface area contributed by atoms with Crippen LogP contribution < -0.4 is 5.32 Å². The minimum absolute atomic E-state index is 0.172. The van der Waals surface area contributed by atoms with Crippen LogP contribution in [0.25, 0.3) is 0 Å². The minimum Gasteiger partial charge on any atom is -0.361 e. The normalized spacial score (nSPS) is 21.9. The van der Waals surface area contributed by atoms with Gasteiger partial charge in [0.1, 0.15) is 6.04 Å².